The van der Waals surface area contributed by atoms with Crippen LogP contribution in [-0.2, 0) is 17.8 Å². The number of piperidine rings is 1. The van der Waals surface area contributed by atoms with E-state index in [2.05, 4.69) is 88.5 Å². The zero-order valence-corrected chi connectivity index (χ0v) is 17.8. The number of nitrogens with one attached hydrogen (secondary N) is 1. The monoisotopic (exact) mass is 428 g/mol. The third kappa shape index (κ3) is 5.66. The molecule has 1 amide bonds. The van der Waals surface area contributed by atoms with E-state index in [4.69, 9.17) is 0 Å². The number of likely N-dealkylation sites (tertiary alicyclic amines) is 1. The maximum absolute atomic E-state index is 12.7. The molecule has 1 N–H and O–H groups in total. The first-order valence-corrected chi connectivity index (χ1v) is 10.7. The highest BCUT2D eigenvalue weighted by molar-refractivity contribution is 9.10. The van der Waals surface area contributed by atoms with Gasteiger partial charge in [0.05, 0.1) is 6.04 Å². The second-order valence-corrected chi connectivity index (χ2v) is 8.42. The first-order chi connectivity index (χ1) is 13.0. The average Bonchev–Trinajstić information content (AvgIpc) is 2.70. The molecule has 0 spiro atoms. The molecule has 1 fully saturated rings. The van der Waals surface area contributed by atoms with Crippen molar-refractivity contribution in [3.63, 3.8) is 0 Å². The Bertz CT molecular complexity index is 734. The Morgan fingerprint density at radius 1 is 1.07 bits per heavy atom. The zero-order valence-electron chi connectivity index (χ0n) is 16.2. The predicted molar refractivity (Wildman–Crippen MR) is 115 cm³/mol. The second kappa shape index (κ2) is 9.52. The smallest absolute Gasteiger partial charge is 0.223 e. The number of carbonyl (C=O) groups excluding carboxylic acids is 1. The summed E-state index contributed by atoms with van der Waals surface area (Å²) in [6.45, 7) is 7.15. The van der Waals surface area contributed by atoms with Gasteiger partial charge >= 0.3 is 0 Å². The minimum absolute atomic E-state index is 0.0594. The fraction of sp³-hybridized carbons (Fsp3) is 0.435. The van der Waals surface area contributed by atoms with Crippen LogP contribution in [0.15, 0.2) is 53.0 Å². The van der Waals surface area contributed by atoms with E-state index in [1.54, 1.807) is 0 Å². The van der Waals surface area contributed by atoms with Gasteiger partial charge in [0.2, 0.25) is 5.91 Å². The van der Waals surface area contributed by atoms with Crippen LogP contribution in [0.3, 0.4) is 0 Å². The minimum Gasteiger partial charge on any atom is -0.349 e. The predicted octanol–water partition coefficient (Wildman–Crippen LogP) is 5.10. The molecule has 1 aliphatic heterocycles. The van der Waals surface area contributed by atoms with Crippen LogP contribution >= 0.6 is 15.9 Å². The van der Waals surface area contributed by atoms with Gasteiger partial charge in [-0.1, -0.05) is 59.3 Å². The molecule has 0 bridgehead atoms. The molecule has 3 rings (SSSR count). The standard InChI is InChI=1S/C23H29BrN2O/c1-3-18-4-8-20(9-5-18)17(2)25-23(27)21-12-14-26(15-13-21)16-19-6-10-22(24)11-7-19/h4-11,17,21H,3,12-16H2,1-2H3,(H,25,27)/t17-/m0/s1. The van der Waals surface area contributed by atoms with Gasteiger partial charge in [-0.25, -0.2) is 0 Å². The Morgan fingerprint density at radius 3 is 2.26 bits per heavy atom. The summed E-state index contributed by atoms with van der Waals surface area (Å²) in [5, 5.41) is 3.21. The lowest BCUT2D eigenvalue weighted by molar-refractivity contribution is -0.127. The van der Waals surface area contributed by atoms with Gasteiger partial charge in [0.1, 0.15) is 0 Å². The highest BCUT2D eigenvalue weighted by Crippen LogP contribution is 2.22. The second-order valence-electron chi connectivity index (χ2n) is 7.50. The van der Waals surface area contributed by atoms with Crippen molar-refractivity contribution in [2.24, 2.45) is 5.92 Å². The highest BCUT2D eigenvalue weighted by atomic mass is 79.9. The van der Waals surface area contributed by atoms with E-state index in [-0.39, 0.29) is 17.9 Å². The van der Waals surface area contributed by atoms with E-state index >= 15 is 0 Å². The van der Waals surface area contributed by atoms with E-state index in [0.29, 0.717) is 0 Å². The molecule has 1 atom stereocenters. The normalized spacial score (nSPS) is 16.9. The van der Waals surface area contributed by atoms with Crippen molar-refractivity contribution in [1.29, 1.82) is 0 Å². The number of nitrogens with zero attached hydrogens (tertiary/aromatic N) is 1. The third-order valence-corrected chi connectivity index (χ3v) is 6.05. The molecular weight excluding hydrogens is 400 g/mol. The number of hydrogen-bond donors (Lipinski definition) is 1. The maximum atomic E-state index is 12.7. The molecule has 0 radical (unpaired) electrons. The van der Waals surface area contributed by atoms with Crippen LogP contribution in [0.25, 0.3) is 0 Å². The molecule has 4 heteroatoms. The Labute approximate surface area is 171 Å². The van der Waals surface area contributed by atoms with E-state index in [1.807, 2.05) is 0 Å². The van der Waals surface area contributed by atoms with Crippen molar-refractivity contribution in [2.75, 3.05) is 13.1 Å². The van der Waals surface area contributed by atoms with E-state index in [1.165, 1.54) is 16.7 Å². The fourth-order valence-corrected chi connectivity index (χ4v) is 3.92. The largest absolute Gasteiger partial charge is 0.349 e. The van der Waals surface area contributed by atoms with Crippen LogP contribution in [0, 0.1) is 5.92 Å². The van der Waals surface area contributed by atoms with Crippen LogP contribution in [0.4, 0.5) is 0 Å². The molecule has 27 heavy (non-hydrogen) atoms. The summed E-state index contributed by atoms with van der Waals surface area (Å²) in [6, 6.07) is 17.1. The summed E-state index contributed by atoms with van der Waals surface area (Å²) < 4.78 is 1.11. The van der Waals surface area contributed by atoms with Gasteiger partial charge in [0, 0.05) is 16.9 Å². The Balaban J connectivity index is 1.46. The lowest BCUT2D eigenvalue weighted by atomic mass is 9.94. The summed E-state index contributed by atoms with van der Waals surface area (Å²) in [6.07, 6.45) is 2.91. The first-order valence-electron chi connectivity index (χ1n) is 9.91. The van der Waals surface area contributed by atoms with Crippen LogP contribution in [0.1, 0.15) is 49.4 Å². The maximum Gasteiger partial charge on any atom is 0.223 e. The Hall–Kier alpha value is -1.65. The number of benzene rings is 2. The number of carbonyl (C=O) groups is 1. The summed E-state index contributed by atoms with van der Waals surface area (Å²) in [7, 11) is 0. The summed E-state index contributed by atoms with van der Waals surface area (Å²) in [5.41, 5.74) is 3.83. The highest BCUT2D eigenvalue weighted by Gasteiger charge is 2.26. The molecule has 2 aromatic rings. The van der Waals surface area contributed by atoms with Crippen molar-refractivity contribution < 1.29 is 4.79 Å². The van der Waals surface area contributed by atoms with Crippen LogP contribution in [-0.4, -0.2) is 23.9 Å². The van der Waals surface area contributed by atoms with Gasteiger partial charge in [-0.3, -0.25) is 9.69 Å². The van der Waals surface area contributed by atoms with Gasteiger partial charge in [-0.05, 0) is 68.1 Å². The third-order valence-electron chi connectivity index (χ3n) is 5.52. The van der Waals surface area contributed by atoms with Crippen LogP contribution in [0.5, 0.6) is 0 Å². The van der Waals surface area contributed by atoms with Gasteiger partial charge in [0.15, 0.2) is 0 Å². The van der Waals surface area contributed by atoms with Crippen LogP contribution in [0.2, 0.25) is 0 Å². The number of hydrogen-bond acceptors (Lipinski definition) is 2. The molecule has 1 saturated heterocycles. The molecule has 1 heterocycles. The van der Waals surface area contributed by atoms with E-state index < -0.39 is 0 Å². The molecule has 0 aliphatic carbocycles. The number of aryl methyl sites for hydroxylation is 1. The van der Waals surface area contributed by atoms with Crippen molar-refractivity contribution in [3.05, 3.63) is 69.7 Å². The van der Waals surface area contributed by atoms with Gasteiger partial charge in [-0.2, -0.15) is 0 Å². The molecule has 2 aromatic carbocycles. The van der Waals surface area contributed by atoms with E-state index in [0.717, 1.165) is 43.4 Å². The number of halogens is 1. The molecule has 1 aliphatic rings. The SMILES string of the molecule is CCc1ccc([C@H](C)NC(=O)C2CCN(Cc3ccc(Br)cc3)CC2)cc1. The lowest BCUT2D eigenvalue weighted by Gasteiger charge is -2.32. The number of amides is 1. The molecule has 0 unspecified atom stereocenters. The van der Waals surface area contributed by atoms with Crippen molar-refractivity contribution in [3.8, 4) is 0 Å². The molecule has 0 saturated carbocycles. The van der Waals surface area contributed by atoms with Crippen molar-refractivity contribution in [2.45, 2.75) is 45.7 Å². The fourth-order valence-electron chi connectivity index (χ4n) is 3.66. The van der Waals surface area contributed by atoms with Gasteiger partial charge in [-0.15, -0.1) is 0 Å². The summed E-state index contributed by atoms with van der Waals surface area (Å²) in [5.74, 6) is 0.328. The molecule has 144 valence electrons. The number of rotatable bonds is 6. The van der Waals surface area contributed by atoms with Crippen molar-refractivity contribution in [1.82, 2.24) is 10.2 Å². The van der Waals surface area contributed by atoms with Crippen LogP contribution < -0.4 is 5.32 Å². The first kappa shape index (κ1) is 20.1. The minimum atomic E-state index is 0.0594. The Morgan fingerprint density at radius 2 is 1.67 bits per heavy atom. The van der Waals surface area contributed by atoms with E-state index in [9.17, 15) is 4.79 Å². The molecule has 0 aromatic heterocycles. The average molecular weight is 429 g/mol. The summed E-state index contributed by atoms with van der Waals surface area (Å²) in [4.78, 5) is 15.1. The molecular formula is C23H29BrN2O. The lowest BCUT2D eigenvalue weighted by Crippen LogP contribution is -2.40. The quantitative estimate of drug-likeness (QED) is 0.693. The zero-order chi connectivity index (χ0) is 19.2. The van der Waals surface area contributed by atoms with Gasteiger partial charge in [0.25, 0.3) is 0 Å². The summed E-state index contributed by atoms with van der Waals surface area (Å²) >= 11 is 3.48. The molecule has 3 nitrogen and oxygen atoms in total. The van der Waals surface area contributed by atoms with Gasteiger partial charge < -0.3 is 5.32 Å². The Kier molecular flexibility index (Phi) is 7.08. The van der Waals surface area contributed by atoms with Crippen molar-refractivity contribution >= 4 is 21.8 Å². The topological polar surface area (TPSA) is 32.3 Å².